The first kappa shape index (κ1) is 18.7. The fourth-order valence-corrected chi connectivity index (χ4v) is 5.29. The zero-order chi connectivity index (χ0) is 20.3. The average molecular weight is 402 g/mol. The van der Waals surface area contributed by atoms with Crippen molar-refractivity contribution >= 4 is 11.9 Å². The fraction of sp³-hybridized carbons (Fsp3) is 0.524. The molecule has 1 unspecified atom stereocenters. The average Bonchev–Trinajstić information content (AvgIpc) is 3.10. The summed E-state index contributed by atoms with van der Waals surface area (Å²) in [6, 6.07) is 3.20. The molecule has 1 fully saturated rings. The van der Waals surface area contributed by atoms with Gasteiger partial charge in [-0.2, -0.15) is 0 Å². The Morgan fingerprint density at radius 3 is 2.76 bits per heavy atom. The maximum Gasteiger partial charge on any atom is 0.183 e. The molecule has 1 saturated heterocycles. The van der Waals surface area contributed by atoms with E-state index in [1.807, 2.05) is 25.0 Å². The molecule has 0 aliphatic carbocycles. The predicted molar refractivity (Wildman–Crippen MR) is 105 cm³/mol. The number of nitrogens with one attached hydrogen (secondary N) is 1. The number of morpholine rings is 1. The minimum atomic E-state index is -0.906. The molecule has 4 atom stereocenters. The third-order valence-electron chi connectivity index (χ3n) is 6.24. The Hall–Kier alpha value is -2.32. The third kappa shape index (κ3) is 2.80. The summed E-state index contributed by atoms with van der Waals surface area (Å²) in [7, 11) is 0. The van der Waals surface area contributed by atoms with Crippen LogP contribution >= 0.6 is 0 Å². The highest BCUT2D eigenvalue weighted by molar-refractivity contribution is 5.77. The van der Waals surface area contributed by atoms with Gasteiger partial charge in [0.25, 0.3) is 0 Å². The highest BCUT2D eigenvalue weighted by Gasteiger charge is 2.52. The minimum absolute atomic E-state index is 0.0863. The molecule has 3 aliphatic rings. The van der Waals surface area contributed by atoms with Crippen molar-refractivity contribution in [3.63, 3.8) is 0 Å². The molecule has 0 bridgehead atoms. The number of ether oxygens (including phenoxy) is 1. The van der Waals surface area contributed by atoms with E-state index in [2.05, 4.69) is 15.5 Å². The summed E-state index contributed by atoms with van der Waals surface area (Å²) in [5.74, 6) is -1.51. The predicted octanol–water partition coefficient (Wildman–Crippen LogP) is 3.08. The van der Waals surface area contributed by atoms with Crippen LogP contribution in [0.4, 0.5) is 14.5 Å². The maximum absolute atomic E-state index is 15.4. The number of aromatic nitrogens is 1. The Balaban J connectivity index is 1.71. The van der Waals surface area contributed by atoms with Gasteiger partial charge in [0, 0.05) is 30.8 Å². The molecule has 8 heteroatoms. The van der Waals surface area contributed by atoms with Crippen molar-refractivity contribution in [2.45, 2.75) is 45.4 Å². The van der Waals surface area contributed by atoms with E-state index in [9.17, 15) is 0 Å². The van der Waals surface area contributed by atoms with Crippen LogP contribution in [-0.2, 0) is 11.2 Å². The Morgan fingerprint density at radius 2 is 2.07 bits per heavy atom. The van der Waals surface area contributed by atoms with Crippen LogP contribution in [0, 0.1) is 24.0 Å². The van der Waals surface area contributed by atoms with Gasteiger partial charge < -0.3 is 14.2 Å². The molecule has 1 aromatic carbocycles. The molecule has 4 heterocycles. The number of aliphatic imine (C=N–C) groups is 1. The third-order valence-corrected chi connectivity index (χ3v) is 6.24. The van der Waals surface area contributed by atoms with Crippen molar-refractivity contribution in [2.24, 2.45) is 10.4 Å². The quantitative estimate of drug-likeness (QED) is 0.794. The van der Waals surface area contributed by atoms with Crippen molar-refractivity contribution in [2.75, 3.05) is 24.7 Å². The summed E-state index contributed by atoms with van der Waals surface area (Å²) >= 11 is 0. The van der Waals surface area contributed by atoms with E-state index < -0.39 is 11.6 Å². The van der Waals surface area contributed by atoms with Crippen LogP contribution in [0.1, 0.15) is 25.1 Å². The molecule has 1 aromatic heterocycles. The number of fused-ring (bicyclic) bond motifs is 4. The van der Waals surface area contributed by atoms with Crippen molar-refractivity contribution in [3.05, 3.63) is 35.0 Å². The van der Waals surface area contributed by atoms with Crippen LogP contribution in [-0.4, -0.2) is 49.4 Å². The first-order valence-electron chi connectivity index (χ1n) is 9.98. The second-order valence-corrected chi connectivity index (χ2v) is 8.45. The van der Waals surface area contributed by atoms with Gasteiger partial charge in [-0.15, -0.1) is 0 Å². The summed E-state index contributed by atoms with van der Waals surface area (Å²) in [6.07, 6.45) is 2.30. The van der Waals surface area contributed by atoms with Gasteiger partial charge in [0.2, 0.25) is 0 Å². The van der Waals surface area contributed by atoms with Crippen LogP contribution in [0.25, 0.3) is 11.3 Å². The number of halogens is 2. The van der Waals surface area contributed by atoms with Crippen LogP contribution in [0.5, 0.6) is 0 Å². The molecule has 1 spiro atoms. The lowest BCUT2D eigenvalue weighted by Crippen LogP contribution is -2.67. The molecule has 1 N–H and O–H groups in total. The second kappa shape index (κ2) is 6.60. The molecule has 2 aromatic rings. The van der Waals surface area contributed by atoms with Crippen LogP contribution < -0.4 is 10.2 Å². The molecule has 6 nitrogen and oxygen atoms in total. The number of benzene rings is 1. The number of hydrogen-bond acceptors (Lipinski definition) is 6. The highest BCUT2D eigenvalue weighted by atomic mass is 19.2. The molecule has 3 aliphatic heterocycles. The molecule has 0 amide bonds. The van der Waals surface area contributed by atoms with Crippen molar-refractivity contribution in [3.8, 4) is 11.3 Å². The standard InChI is InChI=1S/C21H24F2N4O2/c1-11-4-16(29-26-11)15-5-14-6-21(8-24-10-25-9-21)20-13(3)28-12(2)7-27(20)19(14)18(23)17(15)22/h4-5,8,12-13,20,25H,6-7,9-10H2,1-3H3/t12-,13+,20-,21?/m1/s1. The summed E-state index contributed by atoms with van der Waals surface area (Å²) in [4.78, 5) is 6.47. The van der Waals surface area contributed by atoms with E-state index in [0.717, 1.165) is 5.56 Å². The zero-order valence-electron chi connectivity index (χ0n) is 16.7. The van der Waals surface area contributed by atoms with Gasteiger partial charge in [-0.05, 0) is 38.8 Å². The van der Waals surface area contributed by atoms with Crippen molar-refractivity contribution in [1.82, 2.24) is 10.5 Å². The van der Waals surface area contributed by atoms with Gasteiger partial charge in [0.1, 0.15) is 0 Å². The number of hydrogen-bond donors (Lipinski definition) is 1. The lowest BCUT2D eigenvalue weighted by atomic mass is 9.68. The summed E-state index contributed by atoms with van der Waals surface area (Å²) in [5.41, 5.74) is 1.45. The van der Waals surface area contributed by atoms with Gasteiger partial charge in [0.05, 0.1) is 41.9 Å². The molecular weight excluding hydrogens is 378 g/mol. The van der Waals surface area contributed by atoms with Crippen LogP contribution in [0.3, 0.4) is 0 Å². The molecule has 154 valence electrons. The van der Waals surface area contributed by atoms with E-state index in [1.54, 1.807) is 19.1 Å². The summed E-state index contributed by atoms with van der Waals surface area (Å²) < 4.78 is 41.9. The van der Waals surface area contributed by atoms with Crippen LogP contribution in [0.15, 0.2) is 21.6 Å². The van der Waals surface area contributed by atoms with E-state index >= 15 is 8.78 Å². The number of nitrogens with zero attached hydrogens (tertiary/aromatic N) is 3. The second-order valence-electron chi connectivity index (χ2n) is 8.45. The molecule has 0 radical (unpaired) electrons. The van der Waals surface area contributed by atoms with Crippen molar-refractivity contribution < 1.29 is 18.0 Å². The molecule has 0 saturated carbocycles. The van der Waals surface area contributed by atoms with E-state index in [1.165, 1.54) is 0 Å². The maximum atomic E-state index is 15.4. The van der Waals surface area contributed by atoms with Crippen LogP contribution in [0.2, 0.25) is 0 Å². The Morgan fingerprint density at radius 1 is 1.24 bits per heavy atom. The largest absolute Gasteiger partial charge is 0.372 e. The van der Waals surface area contributed by atoms with Gasteiger partial charge in [-0.3, -0.25) is 10.3 Å². The fourth-order valence-electron chi connectivity index (χ4n) is 5.29. The minimum Gasteiger partial charge on any atom is -0.372 e. The SMILES string of the molecule is Cc1cc(-c2cc3c(c(F)c2F)N2C[C@@H](C)O[C@@H](C)[C@@H]2C2(C=NCNC2)C3)on1. The summed E-state index contributed by atoms with van der Waals surface area (Å²) in [5, 5.41) is 7.16. The smallest absolute Gasteiger partial charge is 0.183 e. The monoisotopic (exact) mass is 402 g/mol. The van der Waals surface area contributed by atoms with Gasteiger partial charge in [-0.25, -0.2) is 8.78 Å². The lowest BCUT2D eigenvalue weighted by Gasteiger charge is -2.56. The lowest BCUT2D eigenvalue weighted by molar-refractivity contribution is -0.0523. The first-order valence-corrected chi connectivity index (χ1v) is 9.98. The molecular formula is C21H24F2N4O2. The Bertz CT molecular complexity index is 991. The number of aryl methyl sites for hydroxylation is 1. The first-order chi connectivity index (χ1) is 13.9. The number of anilines is 1. The molecule has 29 heavy (non-hydrogen) atoms. The van der Waals surface area contributed by atoms with Gasteiger partial charge >= 0.3 is 0 Å². The molecule has 5 rings (SSSR count). The normalized spacial score (nSPS) is 31.1. The van der Waals surface area contributed by atoms with Gasteiger partial charge in [-0.1, -0.05) is 5.16 Å². The summed E-state index contributed by atoms with van der Waals surface area (Å²) in [6.45, 7) is 7.47. The highest BCUT2D eigenvalue weighted by Crippen LogP contribution is 2.47. The van der Waals surface area contributed by atoms with Gasteiger partial charge in [0.15, 0.2) is 17.4 Å². The topological polar surface area (TPSA) is 62.9 Å². The van der Waals surface area contributed by atoms with E-state index in [4.69, 9.17) is 9.26 Å². The van der Waals surface area contributed by atoms with E-state index in [0.29, 0.717) is 37.6 Å². The Labute approximate surface area is 167 Å². The zero-order valence-corrected chi connectivity index (χ0v) is 16.7. The van der Waals surface area contributed by atoms with E-state index in [-0.39, 0.29) is 35.0 Å². The van der Waals surface area contributed by atoms with Crippen molar-refractivity contribution in [1.29, 1.82) is 0 Å². The Kier molecular flexibility index (Phi) is 4.25. The number of rotatable bonds is 1.